The number of carbonyl (C=O) groups excluding carboxylic acids is 1. The molecule has 0 atom stereocenters. The van der Waals surface area contributed by atoms with Gasteiger partial charge in [-0.3, -0.25) is 14.8 Å². The van der Waals surface area contributed by atoms with Crippen LogP contribution in [0.3, 0.4) is 0 Å². The Morgan fingerprint density at radius 3 is 2.67 bits per heavy atom. The molecule has 2 aliphatic rings. The Bertz CT molecular complexity index is 1130. The van der Waals surface area contributed by atoms with Gasteiger partial charge in [-0.05, 0) is 37.8 Å². The van der Waals surface area contributed by atoms with E-state index in [0.29, 0.717) is 13.2 Å². The number of morpholine rings is 1. The van der Waals surface area contributed by atoms with E-state index in [9.17, 15) is 9.18 Å². The Balaban J connectivity index is 1.25. The van der Waals surface area contributed by atoms with Gasteiger partial charge in [0.1, 0.15) is 11.3 Å². The van der Waals surface area contributed by atoms with Crippen molar-refractivity contribution in [3.8, 4) is 5.75 Å². The van der Waals surface area contributed by atoms with E-state index in [4.69, 9.17) is 9.47 Å². The van der Waals surface area contributed by atoms with Crippen molar-refractivity contribution in [3.63, 3.8) is 0 Å². The van der Waals surface area contributed by atoms with Crippen molar-refractivity contribution in [2.24, 2.45) is 0 Å². The lowest BCUT2D eigenvalue weighted by Gasteiger charge is -2.31. The average molecular weight is 452 g/mol. The number of nitrogens with zero attached hydrogens (tertiary/aromatic N) is 4. The van der Waals surface area contributed by atoms with Crippen LogP contribution in [0.1, 0.15) is 36.0 Å². The number of ether oxygens (including phenoxy) is 2. The second-order valence-electron chi connectivity index (χ2n) is 8.39. The first-order valence-electron chi connectivity index (χ1n) is 11.3. The largest absolute Gasteiger partial charge is 0.488 e. The number of benzene rings is 1. The highest BCUT2D eigenvalue weighted by Crippen LogP contribution is 2.33. The van der Waals surface area contributed by atoms with Gasteiger partial charge < -0.3 is 19.7 Å². The van der Waals surface area contributed by atoms with E-state index in [0.717, 1.165) is 67.4 Å². The van der Waals surface area contributed by atoms with Crippen LogP contribution in [0.5, 0.6) is 5.75 Å². The van der Waals surface area contributed by atoms with Crippen molar-refractivity contribution in [1.82, 2.24) is 20.3 Å². The van der Waals surface area contributed by atoms with Crippen molar-refractivity contribution in [2.75, 3.05) is 31.2 Å². The first-order valence-corrected chi connectivity index (χ1v) is 11.3. The standard InChI is InChI=1S/C24H26FN5O3/c25-20-15-26-6-5-19(20)24(31)29-16-1-3-18(4-2-16)33-22-14-17(30-9-11-32-12-10-30)13-21-23(22)28-8-7-27-21/h5-8,13-16,18H,1-4,9-12H2,(H,29,31). The quantitative estimate of drug-likeness (QED) is 0.638. The fourth-order valence-electron chi connectivity index (χ4n) is 4.45. The smallest absolute Gasteiger partial charge is 0.254 e. The SMILES string of the molecule is O=C(NC1CCC(Oc2cc(N3CCOCC3)cc3nccnc23)CC1)c1ccncc1F. The lowest BCUT2D eigenvalue weighted by Crippen LogP contribution is -2.40. The Kier molecular flexibility index (Phi) is 6.30. The molecule has 1 aliphatic heterocycles. The molecule has 2 fully saturated rings. The highest BCUT2D eigenvalue weighted by molar-refractivity contribution is 5.94. The monoisotopic (exact) mass is 451 g/mol. The summed E-state index contributed by atoms with van der Waals surface area (Å²) in [6.07, 6.45) is 8.94. The third kappa shape index (κ3) is 4.88. The van der Waals surface area contributed by atoms with E-state index in [1.165, 1.54) is 12.3 Å². The highest BCUT2D eigenvalue weighted by Gasteiger charge is 2.26. The third-order valence-corrected chi connectivity index (χ3v) is 6.22. The Morgan fingerprint density at radius 1 is 1.09 bits per heavy atom. The third-order valence-electron chi connectivity index (χ3n) is 6.22. The Hall–Kier alpha value is -3.33. The lowest BCUT2D eigenvalue weighted by molar-refractivity contribution is 0.0891. The zero-order chi connectivity index (χ0) is 22.6. The molecule has 1 aromatic carbocycles. The van der Waals surface area contributed by atoms with Crippen molar-refractivity contribution < 1.29 is 18.7 Å². The molecule has 0 spiro atoms. The predicted octanol–water partition coefficient (Wildman–Crippen LogP) is 3.12. The summed E-state index contributed by atoms with van der Waals surface area (Å²) in [5, 5.41) is 2.94. The van der Waals surface area contributed by atoms with E-state index in [-0.39, 0.29) is 17.7 Å². The fourth-order valence-corrected chi connectivity index (χ4v) is 4.45. The molecule has 0 unspecified atom stereocenters. The zero-order valence-electron chi connectivity index (χ0n) is 18.2. The van der Waals surface area contributed by atoms with Crippen molar-refractivity contribution >= 4 is 22.6 Å². The number of amides is 1. The van der Waals surface area contributed by atoms with Gasteiger partial charge in [0.25, 0.3) is 5.91 Å². The normalized spacial score (nSPS) is 21.1. The minimum atomic E-state index is -0.611. The second-order valence-corrected chi connectivity index (χ2v) is 8.39. The van der Waals surface area contributed by atoms with Crippen LogP contribution in [0.25, 0.3) is 11.0 Å². The van der Waals surface area contributed by atoms with Gasteiger partial charge in [0.05, 0.1) is 36.6 Å². The summed E-state index contributed by atoms with van der Waals surface area (Å²) < 4.78 is 25.7. The second kappa shape index (κ2) is 9.66. The number of rotatable bonds is 5. The number of nitrogens with one attached hydrogen (secondary N) is 1. The van der Waals surface area contributed by atoms with Crippen molar-refractivity contribution in [3.05, 3.63) is 54.4 Å². The number of pyridine rings is 1. The topological polar surface area (TPSA) is 89.5 Å². The summed E-state index contributed by atoms with van der Waals surface area (Å²) in [5.41, 5.74) is 2.63. The number of fused-ring (bicyclic) bond motifs is 1. The maximum atomic E-state index is 13.8. The van der Waals surface area contributed by atoms with Gasteiger partial charge in [0.15, 0.2) is 5.82 Å². The van der Waals surface area contributed by atoms with Gasteiger partial charge >= 0.3 is 0 Å². The number of hydrogen-bond donors (Lipinski definition) is 1. The van der Waals surface area contributed by atoms with Crippen LogP contribution < -0.4 is 15.0 Å². The molecule has 0 bridgehead atoms. The zero-order valence-corrected chi connectivity index (χ0v) is 18.2. The van der Waals surface area contributed by atoms with E-state index in [1.54, 1.807) is 12.4 Å². The minimum Gasteiger partial charge on any atom is -0.488 e. The van der Waals surface area contributed by atoms with Crippen LogP contribution in [-0.4, -0.2) is 59.3 Å². The number of aromatic nitrogens is 3. The highest BCUT2D eigenvalue weighted by atomic mass is 19.1. The number of carbonyl (C=O) groups is 1. The van der Waals surface area contributed by atoms with Crippen LogP contribution in [0, 0.1) is 5.82 Å². The van der Waals surface area contributed by atoms with E-state index < -0.39 is 11.7 Å². The number of anilines is 1. The molecule has 8 nitrogen and oxygen atoms in total. The fraction of sp³-hybridized carbons (Fsp3) is 0.417. The Labute approximate surface area is 191 Å². The summed E-state index contributed by atoms with van der Waals surface area (Å²) in [6.45, 7) is 3.06. The summed E-state index contributed by atoms with van der Waals surface area (Å²) in [4.78, 5) is 27.4. The summed E-state index contributed by atoms with van der Waals surface area (Å²) >= 11 is 0. The molecule has 2 aromatic heterocycles. The van der Waals surface area contributed by atoms with Crippen LogP contribution in [-0.2, 0) is 4.74 Å². The molecule has 33 heavy (non-hydrogen) atoms. The molecule has 3 heterocycles. The molecule has 9 heteroatoms. The van der Waals surface area contributed by atoms with Gasteiger partial charge in [-0.15, -0.1) is 0 Å². The molecule has 1 saturated carbocycles. The van der Waals surface area contributed by atoms with Crippen molar-refractivity contribution in [1.29, 1.82) is 0 Å². The average Bonchev–Trinajstić information content (AvgIpc) is 2.86. The van der Waals surface area contributed by atoms with E-state index in [2.05, 4.69) is 25.2 Å². The summed E-state index contributed by atoms with van der Waals surface area (Å²) in [5.74, 6) is -0.285. The van der Waals surface area contributed by atoms with Gasteiger partial charge in [-0.1, -0.05) is 0 Å². The number of halogens is 1. The van der Waals surface area contributed by atoms with Crippen LogP contribution >= 0.6 is 0 Å². The molecular weight excluding hydrogens is 425 g/mol. The van der Waals surface area contributed by atoms with Crippen molar-refractivity contribution in [2.45, 2.75) is 37.8 Å². The Morgan fingerprint density at radius 2 is 1.88 bits per heavy atom. The molecule has 3 aromatic rings. The summed E-state index contributed by atoms with van der Waals surface area (Å²) in [6, 6.07) is 5.47. The lowest BCUT2D eigenvalue weighted by atomic mass is 9.92. The molecule has 0 radical (unpaired) electrons. The summed E-state index contributed by atoms with van der Waals surface area (Å²) in [7, 11) is 0. The first kappa shape index (κ1) is 21.5. The molecule has 1 amide bonds. The molecule has 5 rings (SSSR count). The molecule has 1 saturated heterocycles. The minimum absolute atomic E-state index is 0.0128. The molecule has 1 N–H and O–H groups in total. The molecule has 172 valence electrons. The van der Waals surface area contributed by atoms with Crippen LogP contribution in [0.15, 0.2) is 43.0 Å². The van der Waals surface area contributed by atoms with Gasteiger partial charge in [0, 0.05) is 49.5 Å². The predicted molar refractivity (Wildman–Crippen MR) is 121 cm³/mol. The number of hydrogen-bond acceptors (Lipinski definition) is 7. The first-order chi connectivity index (χ1) is 16.2. The van der Waals surface area contributed by atoms with Crippen LogP contribution in [0.2, 0.25) is 0 Å². The maximum Gasteiger partial charge on any atom is 0.254 e. The van der Waals surface area contributed by atoms with Gasteiger partial charge in [0.2, 0.25) is 0 Å². The molecule has 1 aliphatic carbocycles. The van der Waals surface area contributed by atoms with E-state index >= 15 is 0 Å². The molecular formula is C24H26FN5O3. The maximum absolute atomic E-state index is 13.8. The van der Waals surface area contributed by atoms with Gasteiger partial charge in [-0.2, -0.15) is 0 Å². The van der Waals surface area contributed by atoms with E-state index in [1.807, 2.05) is 12.1 Å². The van der Waals surface area contributed by atoms with Gasteiger partial charge in [-0.25, -0.2) is 9.37 Å². The van der Waals surface area contributed by atoms with Crippen LogP contribution in [0.4, 0.5) is 10.1 Å².